The maximum atomic E-state index is 11.5. The van der Waals surface area contributed by atoms with E-state index in [1.807, 2.05) is 48.5 Å². The molecular weight excluding hydrogens is 403 g/mol. The Labute approximate surface area is 164 Å². The van der Waals surface area contributed by atoms with Crippen molar-refractivity contribution in [2.75, 3.05) is 5.32 Å². The van der Waals surface area contributed by atoms with Gasteiger partial charge in [-0.25, -0.2) is 0 Å². The van der Waals surface area contributed by atoms with Gasteiger partial charge in [0.15, 0.2) is 10.1 Å². The van der Waals surface area contributed by atoms with Gasteiger partial charge >= 0.3 is 5.70 Å². The standard InChI is InChI=1S/C17H13Cl3N2O2S/c18-14(16(19)20)15(22(23)24)17(21-13-9-5-2-6-10-13)25-11-12-7-3-1-4-8-12/h1-10,21H,11H2. The maximum absolute atomic E-state index is 11.5. The lowest BCUT2D eigenvalue weighted by molar-refractivity contribution is -0.420. The summed E-state index contributed by atoms with van der Waals surface area (Å²) in [5.41, 5.74) is 1.33. The number of benzene rings is 2. The third-order valence-corrected chi connectivity index (χ3v) is 5.03. The molecule has 25 heavy (non-hydrogen) atoms. The van der Waals surface area contributed by atoms with Gasteiger partial charge in [0.1, 0.15) is 4.49 Å². The molecule has 0 aromatic heterocycles. The Hall–Kier alpha value is -1.66. The number of nitrogens with zero attached hydrogens (tertiary/aromatic N) is 1. The van der Waals surface area contributed by atoms with E-state index in [-0.39, 0.29) is 20.2 Å². The Bertz CT molecular complexity index is 792. The number of hydrogen-bond donors (Lipinski definition) is 1. The predicted molar refractivity (Wildman–Crippen MR) is 106 cm³/mol. The number of hydrogen-bond acceptors (Lipinski definition) is 4. The molecule has 0 unspecified atom stereocenters. The Morgan fingerprint density at radius 2 is 1.56 bits per heavy atom. The molecule has 0 spiro atoms. The fourth-order valence-corrected chi connectivity index (χ4v) is 3.30. The van der Waals surface area contributed by atoms with Gasteiger partial charge in [-0.3, -0.25) is 10.1 Å². The summed E-state index contributed by atoms with van der Waals surface area (Å²) >= 11 is 18.6. The normalized spacial score (nSPS) is 11.5. The van der Waals surface area contributed by atoms with Crippen LogP contribution in [0.3, 0.4) is 0 Å². The average molecular weight is 416 g/mol. The smallest absolute Gasteiger partial charge is 0.320 e. The van der Waals surface area contributed by atoms with Crippen LogP contribution in [0.25, 0.3) is 0 Å². The molecule has 2 aromatic carbocycles. The van der Waals surface area contributed by atoms with Gasteiger partial charge in [0, 0.05) is 11.4 Å². The number of nitrogens with one attached hydrogen (secondary N) is 1. The number of anilines is 1. The van der Waals surface area contributed by atoms with Gasteiger partial charge in [-0.05, 0) is 17.7 Å². The molecule has 0 aliphatic rings. The van der Waals surface area contributed by atoms with E-state index >= 15 is 0 Å². The van der Waals surface area contributed by atoms with Crippen molar-refractivity contribution < 1.29 is 4.92 Å². The van der Waals surface area contributed by atoms with E-state index in [2.05, 4.69) is 5.32 Å². The minimum Gasteiger partial charge on any atom is -0.345 e. The van der Waals surface area contributed by atoms with Gasteiger partial charge in [-0.2, -0.15) is 0 Å². The fraction of sp³-hybridized carbons (Fsp3) is 0.0588. The number of allylic oxidation sites excluding steroid dienone is 1. The summed E-state index contributed by atoms with van der Waals surface area (Å²) in [5, 5.41) is 14.5. The number of thioether (sulfide) groups is 1. The van der Waals surface area contributed by atoms with Gasteiger partial charge in [-0.1, -0.05) is 95.1 Å². The number of nitro groups is 1. The summed E-state index contributed by atoms with van der Waals surface area (Å²) in [6.07, 6.45) is 0. The molecule has 0 radical (unpaired) electrons. The Morgan fingerprint density at radius 3 is 2.08 bits per heavy atom. The van der Waals surface area contributed by atoms with Crippen molar-refractivity contribution in [2.45, 2.75) is 5.75 Å². The lowest BCUT2D eigenvalue weighted by Crippen LogP contribution is -2.09. The monoisotopic (exact) mass is 414 g/mol. The van der Waals surface area contributed by atoms with Crippen LogP contribution in [-0.2, 0) is 5.75 Å². The minimum atomic E-state index is -0.601. The number of rotatable bonds is 7. The number of halogens is 3. The number of para-hydroxylation sites is 1. The summed E-state index contributed by atoms with van der Waals surface area (Å²) in [6, 6.07) is 18.7. The summed E-state index contributed by atoms with van der Waals surface area (Å²) in [6.45, 7) is 0. The molecule has 0 saturated heterocycles. The zero-order valence-corrected chi connectivity index (χ0v) is 15.9. The Balaban J connectivity index is 2.40. The van der Waals surface area contributed by atoms with Crippen LogP contribution >= 0.6 is 46.6 Å². The van der Waals surface area contributed by atoms with E-state index in [1.54, 1.807) is 12.1 Å². The second-order valence-electron chi connectivity index (χ2n) is 4.77. The highest BCUT2D eigenvalue weighted by Crippen LogP contribution is 2.34. The summed E-state index contributed by atoms with van der Waals surface area (Å²) in [5.74, 6) is 0.511. The molecule has 130 valence electrons. The van der Waals surface area contributed by atoms with E-state index in [4.69, 9.17) is 34.8 Å². The highest BCUT2D eigenvalue weighted by Gasteiger charge is 2.26. The van der Waals surface area contributed by atoms with E-state index < -0.39 is 4.92 Å². The molecule has 0 saturated carbocycles. The van der Waals surface area contributed by atoms with Crippen LogP contribution in [-0.4, -0.2) is 4.92 Å². The van der Waals surface area contributed by atoms with Crippen molar-refractivity contribution in [3.63, 3.8) is 0 Å². The molecular formula is C17H13Cl3N2O2S. The van der Waals surface area contributed by atoms with Crippen LogP contribution in [0.1, 0.15) is 5.56 Å². The van der Waals surface area contributed by atoms with Crippen LogP contribution in [0.15, 0.2) is 80.9 Å². The first-order valence-electron chi connectivity index (χ1n) is 7.07. The molecule has 0 atom stereocenters. The lowest BCUT2D eigenvalue weighted by atomic mass is 10.2. The summed E-state index contributed by atoms with van der Waals surface area (Å²) in [7, 11) is 0. The fourth-order valence-electron chi connectivity index (χ4n) is 1.90. The predicted octanol–water partition coefficient (Wildman–Crippen LogP) is 6.36. The molecule has 0 fully saturated rings. The van der Waals surface area contributed by atoms with Gasteiger partial charge in [0.25, 0.3) is 0 Å². The molecule has 0 aliphatic carbocycles. The highest BCUT2D eigenvalue weighted by molar-refractivity contribution is 8.02. The lowest BCUT2D eigenvalue weighted by Gasteiger charge is -2.12. The van der Waals surface area contributed by atoms with Crippen molar-refractivity contribution in [1.29, 1.82) is 0 Å². The molecule has 2 aromatic rings. The highest BCUT2D eigenvalue weighted by atomic mass is 35.5. The molecule has 0 bridgehead atoms. The van der Waals surface area contributed by atoms with E-state index in [9.17, 15) is 10.1 Å². The molecule has 0 heterocycles. The topological polar surface area (TPSA) is 55.2 Å². The third-order valence-electron chi connectivity index (χ3n) is 3.03. The second-order valence-corrected chi connectivity index (χ2v) is 7.09. The van der Waals surface area contributed by atoms with Crippen LogP contribution in [0.2, 0.25) is 0 Å². The first-order chi connectivity index (χ1) is 12.0. The summed E-state index contributed by atoms with van der Waals surface area (Å²) < 4.78 is -0.360. The van der Waals surface area contributed by atoms with E-state index in [0.717, 1.165) is 5.56 Å². The van der Waals surface area contributed by atoms with Crippen LogP contribution < -0.4 is 5.32 Å². The molecule has 0 aliphatic heterocycles. The second kappa shape index (κ2) is 9.73. The molecule has 0 amide bonds. The Kier molecular flexibility index (Phi) is 7.65. The average Bonchev–Trinajstić information content (AvgIpc) is 2.61. The third kappa shape index (κ3) is 5.97. The zero-order valence-electron chi connectivity index (χ0n) is 12.8. The summed E-state index contributed by atoms with van der Waals surface area (Å²) in [4.78, 5) is 10.9. The van der Waals surface area contributed by atoms with Crippen molar-refractivity contribution in [1.82, 2.24) is 0 Å². The van der Waals surface area contributed by atoms with Crippen LogP contribution in [0.4, 0.5) is 5.69 Å². The van der Waals surface area contributed by atoms with Gasteiger partial charge in [-0.15, -0.1) is 0 Å². The van der Waals surface area contributed by atoms with Gasteiger partial charge in [0.2, 0.25) is 0 Å². The largest absolute Gasteiger partial charge is 0.345 e. The van der Waals surface area contributed by atoms with Crippen molar-refractivity contribution in [3.8, 4) is 0 Å². The van der Waals surface area contributed by atoms with E-state index in [0.29, 0.717) is 11.4 Å². The minimum absolute atomic E-state index is 0.254. The van der Waals surface area contributed by atoms with E-state index in [1.165, 1.54) is 11.8 Å². The van der Waals surface area contributed by atoms with Crippen molar-refractivity contribution in [2.24, 2.45) is 0 Å². The first kappa shape index (κ1) is 19.7. The van der Waals surface area contributed by atoms with Crippen LogP contribution in [0.5, 0.6) is 0 Å². The quantitative estimate of drug-likeness (QED) is 0.324. The van der Waals surface area contributed by atoms with Gasteiger partial charge in [0.05, 0.1) is 4.92 Å². The zero-order chi connectivity index (χ0) is 18.2. The van der Waals surface area contributed by atoms with Crippen molar-refractivity contribution >= 4 is 52.3 Å². The molecule has 1 N–H and O–H groups in total. The van der Waals surface area contributed by atoms with Gasteiger partial charge < -0.3 is 5.32 Å². The SMILES string of the molecule is O=[N+]([O-])C(=C(Nc1ccccc1)SCc1ccccc1)C(Cl)=C(Cl)Cl. The maximum Gasteiger partial charge on any atom is 0.320 e. The molecule has 2 rings (SSSR count). The van der Waals surface area contributed by atoms with Crippen LogP contribution in [0, 0.1) is 10.1 Å². The first-order valence-corrected chi connectivity index (χ1v) is 9.19. The molecule has 4 nitrogen and oxygen atoms in total. The van der Waals surface area contributed by atoms with Crippen molar-refractivity contribution in [3.05, 3.63) is 96.6 Å². The Morgan fingerprint density at radius 1 is 1.00 bits per heavy atom. The molecule has 8 heteroatoms.